The van der Waals surface area contributed by atoms with Crippen LogP contribution in [0.4, 0.5) is 0 Å². The van der Waals surface area contributed by atoms with Gasteiger partial charge < -0.3 is 9.80 Å². The van der Waals surface area contributed by atoms with Crippen molar-refractivity contribution in [3.8, 4) is 17.1 Å². The zero-order valence-electron chi connectivity index (χ0n) is 17.0. The highest BCUT2D eigenvalue weighted by molar-refractivity contribution is 6.29. The average molecular weight is 437 g/mol. The highest BCUT2D eigenvalue weighted by Gasteiger charge is 2.32. The Hall–Kier alpha value is -3.52. The number of hydrogen-bond acceptors (Lipinski definition) is 5. The molecule has 31 heavy (non-hydrogen) atoms. The molecule has 4 rings (SSSR count). The van der Waals surface area contributed by atoms with Crippen molar-refractivity contribution in [3.05, 3.63) is 72.3 Å². The highest BCUT2D eigenvalue weighted by Crippen LogP contribution is 2.31. The minimum absolute atomic E-state index is 0.0601. The van der Waals surface area contributed by atoms with E-state index in [4.69, 9.17) is 11.6 Å². The molecule has 158 valence electrons. The number of nitrogens with zero attached hydrogens (tertiary/aromatic N) is 6. The fourth-order valence-corrected chi connectivity index (χ4v) is 3.96. The second-order valence-corrected chi connectivity index (χ2v) is 7.57. The summed E-state index contributed by atoms with van der Waals surface area (Å²) in [5, 5.41) is 4.52. The van der Waals surface area contributed by atoms with E-state index in [0.29, 0.717) is 36.3 Å². The molecule has 1 atom stereocenters. The molecule has 0 saturated carbocycles. The number of pyridine rings is 2. The molecule has 2 amide bonds. The van der Waals surface area contributed by atoms with Crippen molar-refractivity contribution in [2.45, 2.75) is 13.0 Å². The van der Waals surface area contributed by atoms with Gasteiger partial charge in [0.25, 0.3) is 0 Å². The van der Waals surface area contributed by atoms with Gasteiger partial charge in [0.1, 0.15) is 5.15 Å². The van der Waals surface area contributed by atoms with E-state index < -0.39 is 0 Å². The SMILES string of the molecule is C=CC(=O)N1CCN(C(C)=O)[C@H](c2cc(Cl)nc(-c3ccnc(-n4cccn4)c3)c2)C1. The van der Waals surface area contributed by atoms with Crippen molar-refractivity contribution < 1.29 is 9.59 Å². The standard InChI is InChI=1S/C22H21ClN6O2/c1-3-22(31)27-9-10-28(15(2)30)19(14-27)17-11-18(26-20(23)12-17)16-5-7-24-21(13-16)29-8-4-6-25-29/h3-8,11-13,19H,1,9-10,14H2,2H3/t19-/m0/s1. The Balaban J connectivity index is 1.73. The van der Waals surface area contributed by atoms with Gasteiger partial charge in [-0.3, -0.25) is 9.59 Å². The number of piperazine rings is 1. The van der Waals surface area contributed by atoms with E-state index in [1.807, 2.05) is 24.3 Å². The number of halogens is 1. The Morgan fingerprint density at radius 2 is 2.06 bits per heavy atom. The van der Waals surface area contributed by atoms with Gasteiger partial charge in [-0.1, -0.05) is 18.2 Å². The monoisotopic (exact) mass is 436 g/mol. The van der Waals surface area contributed by atoms with Gasteiger partial charge in [-0.05, 0) is 42.0 Å². The Bertz CT molecular complexity index is 1130. The van der Waals surface area contributed by atoms with Crippen LogP contribution in [-0.4, -0.2) is 61.0 Å². The number of carbonyl (C=O) groups excluding carboxylic acids is 2. The molecule has 1 fully saturated rings. The lowest BCUT2D eigenvalue weighted by Gasteiger charge is -2.41. The summed E-state index contributed by atoms with van der Waals surface area (Å²) in [6, 6.07) is 8.83. The van der Waals surface area contributed by atoms with Crippen molar-refractivity contribution in [3.63, 3.8) is 0 Å². The first-order valence-corrected chi connectivity index (χ1v) is 10.2. The molecule has 3 aromatic heterocycles. The minimum atomic E-state index is -0.332. The lowest BCUT2D eigenvalue weighted by Crippen LogP contribution is -2.51. The summed E-state index contributed by atoms with van der Waals surface area (Å²) in [7, 11) is 0. The molecule has 0 radical (unpaired) electrons. The fourth-order valence-electron chi connectivity index (χ4n) is 3.74. The summed E-state index contributed by atoms with van der Waals surface area (Å²) in [5.74, 6) is 0.429. The first-order valence-electron chi connectivity index (χ1n) is 9.78. The topological polar surface area (TPSA) is 84.2 Å². The average Bonchev–Trinajstić information content (AvgIpc) is 3.33. The normalized spacial score (nSPS) is 16.3. The van der Waals surface area contributed by atoms with Crippen LogP contribution >= 0.6 is 11.6 Å². The number of hydrogen-bond donors (Lipinski definition) is 0. The van der Waals surface area contributed by atoms with Gasteiger partial charge in [-0.25, -0.2) is 14.6 Å². The quantitative estimate of drug-likeness (QED) is 0.463. The first-order chi connectivity index (χ1) is 15.0. The molecule has 3 aromatic rings. The van der Waals surface area contributed by atoms with Crippen LogP contribution in [0.1, 0.15) is 18.5 Å². The van der Waals surface area contributed by atoms with Gasteiger partial charge in [-0.15, -0.1) is 0 Å². The van der Waals surface area contributed by atoms with Crippen LogP contribution in [0.2, 0.25) is 5.15 Å². The van der Waals surface area contributed by atoms with Gasteiger partial charge in [0, 0.05) is 50.7 Å². The number of amides is 2. The third-order valence-electron chi connectivity index (χ3n) is 5.25. The van der Waals surface area contributed by atoms with Gasteiger partial charge in [0.05, 0.1) is 11.7 Å². The zero-order chi connectivity index (χ0) is 22.0. The predicted molar refractivity (Wildman–Crippen MR) is 117 cm³/mol. The van der Waals surface area contributed by atoms with E-state index in [2.05, 4.69) is 21.6 Å². The Kier molecular flexibility index (Phi) is 5.81. The molecule has 0 aliphatic carbocycles. The van der Waals surface area contributed by atoms with E-state index in [0.717, 1.165) is 11.1 Å². The van der Waals surface area contributed by atoms with Crippen molar-refractivity contribution in [2.75, 3.05) is 19.6 Å². The Morgan fingerprint density at radius 1 is 1.23 bits per heavy atom. The summed E-state index contributed by atoms with van der Waals surface area (Å²) < 4.78 is 1.66. The van der Waals surface area contributed by atoms with Gasteiger partial charge in [-0.2, -0.15) is 5.10 Å². The molecular weight excluding hydrogens is 416 g/mol. The van der Waals surface area contributed by atoms with E-state index in [1.165, 1.54) is 13.0 Å². The lowest BCUT2D eigenvalue weighted by molar-refractivity contribution is -0.139. The van der Waals surface area contributed by atoms with Crippen LogP contribution < -0.4 is 0 Å². The van der Waals surface area contributed by atoms with Crippen LogP contribution in [-0.2, 0) is 9.59 Å². The van der Waals surface area contributed by atoms with Crippen LogP contribution in [0.25, 0.3) is 17.1 Å². The molecule has 1 aliphatic rings. The Labute approximate surface area is 184 Å². The molecule has 9 heteroatoms. The van der Waals surface area contributed by atoms with Crippen molar-refractivity contribution in [1.82, 2.24) is 29.5 Å². The molecular formula is C22H21ClN6O2. The van der Waals surface area contributed by atoms with Crippen molar-refractivity contribution in [1.29, 1.82) is 0 Å². The third-order valence-corrected chi connectivity index (χ3v) is 5.45. The van der Waals surface area contributed by atoms with Crippen molar-refractivity contribution >= 4 is 23.4 Å². The smallest absolute Gasteiger partial charge is 0.246 e. The molecule has 0 unspecified atom stereocenters. The summed E-state index contributed by atoms with van der Waals surface area (Å²) in [6.07, 6.45) is 6.46. The highest BCUT2D eigenvalue weighted by atomic mass is 35.5. The molecule has 8 nitrogen and oxygen atoms in total. The summed E-state index contributed by atoms with van der Waals surface area (Å²) in [5.41, 5.74) is 2.27. The maximum atomic E-state index is 12.3. The van der Waals surface area contributed by atoms with Crippen LogP contribution in [0.5, 0.6) is 0 Å². The van der Waals surface area contributed by atoms with Gasteiger partial charge in [0.15, 0.2) is 5.82 Å². The minimum Gasteiger partial charge on any atom is -0.335 e. The maximum absolute atomic E-state index is 12.3. The molecule has 0 aromatic carbocycles. The van der Waals surface area contributed by atoms with E-state index >= 15 is 0 Å². The van der Waals surface area contributed by atoms with Gasteiger partial charge >= 0.3 is 0 Å². The van der Waals surface area contributed by atoms with E-state index in [-0.39, 0.29) is 17.9 Å². The van der Waals surface area contributed by atoms with Crippen LogP contribution in [0.15, 0.2) is 61.6 Å². The fraction of sp³-hybridized carbons (Fsp3) is 0.227. The largest absolute Gasteiger partial charge is 0.335 e. The second kappa shape index (κ2) is 8.69. The molecule has 1 saturated heterocycles. The predicted octanol–water partition coefficient (Wildman–Crippen LogP) is 2.90. The number of carbonyl (C=O) groups is 2. The van der Waals surface area contributed by atoms with E-state index in [1.54, 1.807) is 39.1 Å². The molecule has 0 bridgehead atoms. The van der Waals surface area contributed by atoms with Crippen LogP contribution in [0.3, 0.4) is 0 Å². The van der Waals surface area contributed by atoms with E-state index in [9.17, 15) is 9.59 Å². The maximum Gasteiger partial charge on any atom is 0.246 e. The summed E-state index contributed by atoms with van der Waals surface area (Å²) in [6.45, 7) is 6.36. The molecule has 1 aliphatic heterocycles. The molecule has 4 heterocycles. The Morgan fingerprint density at radius 3 is 2.77 bits per heavy atom. The van der Waals surface area contributed by atoms with Crippen molar-refractivity contribution in [2.24, 2.45) is 0 Å². The number of rotatable bonds is 4. The summed E-state index contributed by atoms with van der Waals surface area (Å²) >= 11 is 6.37. The lowest BCUT2D eigenvalue weighted by atomic mass is 10.0. The molecule has 0 N–H and O–H groups in total. The second-order valence-electron chi connectivity index (χ2n) is 7.18. The zero-order valence-corrected chi connectivity index (χ0v) is 17.7. The number of aromatic nitrogens is 4. The molecule has 0 spiro atoms. The summed E-state index contributed by atoms with van der Waals surface area (Å²) in [4.78, 5) is 36.7. The third kappa shape index (κ3) is 4.34. The first kappa shape index (κ1) is 20.7. The van der Waals surface area contributed by atoms with Crippen LogP contribution in [0, 0.1) is 0 Å². The van der Waals surface area contributed by atoms with Gasteiger partial charge in [0.2, 0.25) is 11.8 Å².